The van der Waals surface area contributed by atoms with Gasteiger partial charge in [0, 0.05) is 6.54 Å². The summed E-state index contributed by atoms with van der Waals surface area (Å²) in [4.78, 5) is 0. The lowest BCUT2D eigenvalue weighted by Gasteiger charge is -2.25. The van der Waals surface area contributed by atoms with Gasteiger partial charge in [0.05, 0.1) is 0 Å². The Kier molecular flexibility index (Phi) is 4.19. The van der Waals surface area contributed by atoms with E-state index in [9.17, 15) is 13.2 Å². The first-order valence-electron chi connectivity index (χ1n) is 6.82. The average Bonchev–Trinajstić information content (AvgIpc) is 3.10. The highest BCUT2D eigenvalue weighted by Crippen LogP contribution is 2.49. The van der Waals surface area contributed by atoms with Gasteiger partial charge >= 0.3 is 6.18 Å². The van der Waals surface area contributed by atoms with Crippen LogP contribution in [0.5, 0.6) is 0 Å². The number of rotatable bonds is 6. The summed E-state index contributed by atoms with van der Waals surface area (Å²) in [6.07, 6.45) is -0.104. The molecule has 1 aromatic rings. The van der Waals surface area contributed by atoms with E-state index in [0.29, 0.717) is 12.1 Å². The van der Waals surface area contributed by atoms with E-state index < -0.39 is 12.2 Å². The van der Waals surface area contributed by atoms with E-state index in [2.05, 4.69) is 12.2 Å². The van der Waals surface area contributed by atoms with Crippen molar-refractivity contribution in [1.82, 2.24) is 5.32 Å². The Balaban J connectivity index is 2.04. The van der Waals surface area contributed by atoms with Crippen molar-refractivity contribution in [3.63, 3.8) is 0 Å². The SMILES string of the molecule is CCCC1(CNC(c2ccccc2)C(F)(F)F)CC1. The molecule has 106 valence electrons. The maximum atomic E-state index is 13.1. The first kappa shape index (κ1) is 14.4. The summed E-state index contributed by atoms with van der Waals surface area (Å²) in [6.45, 7) is 2.54. The third-order valence-electron chi connectivity index (χ3n) is 3.88. The molecule has 0 amide bonds. The Morgan fingerprint density at radius 3 is 2.32 bits per heavy atom. The van der Waals surface area contributed by atoms with Gasteiger partial charge in [-0.05, 0) is 30.2 Å². The molecule has 0 radical (unpaired) electrons. The van der Waals surface area contributed by atoms with Crippen LogP contribution in [0.1, 0.15) is 44.2 Å². The quantitative estimate of drug-likeness (QED) is 0.805. The Bertz CT molecular complexity index is 396. The molecule has 0 aliphatic heterocycles. The van der Waals surface area contributed by atoms with Gasteiger partial charge in [0.1, 0.15) is 6.04 Å². The summed E-state index contributed by atoms with van der Waals surface area (Å²) in [5, 5.41) is 2.74. The Morgan fingerprint density at radius 2 is 1.84 bits per heavy atom. The predicted octanol–water partition coefficient (Wildman–Crippen LogP) is 4.46. The van der Waals surface area contributed by atoms with Crippen LogP contribution in [0.3, 0.4) is 0 Å². The molecular weight excluding hydrogens is 251 g/mol. The Labute approximate surface area is 112 Å². The van der Waals surface area contributed by atoms with Gasteiger partial charge < -0.3 is 5.32 Å². The number of nitrogens with one attached hydrogen (secondary N) is 1. The van der Waals surface area contributed by atoms with Crippen LogP contribution < -0.4 is 5.32 Å². The van der Waals surface area contributed by atoms with Crippen molar-refractivity contribution in [3.05, 3.63) is 35.9 Å². The van der Waals surface area contributed by atoms with Crippen molar-refractivity contribution >= 4 is 0 Å². The molecule has 1 N–H and O–H groups in total. The van der Waals surface area contributed by atoms with Crippen molar-refractivity contribution in [2.45, 2.75) is 44.8 Å². The Morgan fingerprint density at radius 1 is 1.21 bits per heavy atom. The molecule has 0 heterocycles. The molecule has 1 aromatic carbocycles. The van der Waals surface area contributed by atoms with Gasteiger partial charge in [-0.25, -0.2) is 0 Å². The van der Waals surface area contributed by atoms with E-state index in [1.807, 2.05) is 0 Å². The van der Waals surface area contributed by atoms with Gasteiger partial charge in [-0.2, -0.15) is 13.2 Å². The molecule has 4 heteroatoms. The summed E-state index contributed by atoms with van der Waals surface area (Å²) in [5.41, 5.74) is 0.412. The molecule has 1 atom stereocenters. The smallest absolute Gasteiger partial charge is 0.302 e. The van der Waals surface area contributed by atoms with Crippen LogP contribution in [-0.4, -0.2) is 12.7 Å². The molecule has 19 heavy (non-hydrogen) atoms. The Hall–Kier alpha value is -1.03. The molecule has 1 nitrogen and oxygen atoms in total. The number of hydrogen-bond donors (Lipinski definition) is 1. The van der Waals surface area contributed by atoms with Crippen LogP contribution in [0.2, 0.25) is 0 Å². The summed E-state index contributed by atoms with van der Waals surface area (Å²) in [5.74, 6) is 0. The molecule has 0 saturated heterocycles. The van der Waals surface area contributed by atoms with Crippen LogP contribution in [-0.2, 0) is 0 Å². The normalized spacial score (nSPS) is 19.2. The van der Waals surface area contributed by atoms with E-state index in [0.717, 1.165) is 25.7 Å². The highest BCUT2D eigenvalue weighted by atomic mass is 19.4. The van der Waals surface area contributed by atoms with Crippen LogP contribution in [0.15, 0.2) is 30.3 Å². The molecule has 0 bridgehead atoms. The zero-order chi connectivity index (χ0) is 13.9. The van der Waals surface area contributed by atoms with E-state index in [4.69, 9.17) is 0 Å². The van der Waals surface area contributed by atoms with Gasteiger partial charge in [-0.3, -0.25) is 0 Å². The fraction of sp³-hybridized carbons (Fsp3) is 0.600. The van der Waals surface area contributed by atoms with Crippen molar-refractivity contribution in [2.24, 2.45) is 5.41 Å². The zero-order valence-corrected chi connectivity index (χ0v) is 11.1. The number of halogens is 3. The minimum Gasteiger partial charge on any atom is -0.302 e. The van der Waals surface area contributed by atoms with Crippen molar-refractivity contribution in [1.29, 1.82) is 0 Å². The van der Waals surface area contributed by atoms with E-state index in [1.165, 1.54) is 12.1 Å². The molecule has 2 rings (SSSR count). The van der Waals surface area contributed by atoms with Crippen LogP contribution in [0, 0.1) is 5.41 Å². The molecule has 1 aliphatic carbocycles. The van der Waals surface area contributed by atoms with E-state index in [1.54, 1.807) is 18.2 Å². The lowest BCUT2D eigenvalue weighted by Crippen LogP contribution is -2.37. The average molecular weight is 271 g/mol. The molecule has 0 aromatic heterocycles. The van der Waals surface area contributed by atoms with Crippen LogP contribution in [0.4, 0.5) is 13.2 Å². The van der Waals surface area contributed by atoms with Gasteiger partial charge in [0.25, 0.3) is 0 Å². The first-order valence-corrected chi connectivity index (χ1v) is 6.82. The largest absolute Gasteiger partial charge is 0.407 e. The summed E-state index contributed by atoms with van der Waals surface area (Å²) >= 11 is 0. The van der Waals surface area contributed by atoms with E-state index >= 15 is 0 Å². The summed E-state index contributed by atoms with van der Waals surface area (Å²) in [6, 6.07) is 6.54. The molecule has 0 spiro atoms. The van der Waals surface area contributed by atoms with Gasteiger partial charge in [-0.1, -0.05) is 43.7 Å². The maximum absolute atomic E-state index is 13.1. The third kappa shape index (κ3) is 3.72. The van der Waals surface area contributed by atoms with Gasteiger partial charge in [0.2, 0.25) is 0 Å². The minimum absolute atomic E-state index is 0.118. The monoisotopic (exact) mass is 271 g/mol. The van der Waals surface area contributed by atoms with Crippen molar-refractivity contribution in [2.75, 3.05) is 6.54 Å². The lowest BCUT2D eigenvalue weighted by molar-refractivity contribution is -0.158. The maximum Gasteiger partial charge on any atom is 0.407 e. The second kappa shape index (κ2) is 5.53. The zero-order valence-electron chi connectivity index (χ0n) is 11.1. The predicted molar refractivity (Wildman–Crippen MR) is 69.8 cm³/mol. The van der Waals surface area contributed by atoms with Crippen LogP contribution in [0.25, 0.3) is 0 Å². The first-order chi connectivity index (χ1) is 8.97. The number of benzene rings is 1. The molecular formula is C15H20F3N. The number of alkyl halides is 3. The summed E-state index contributed by atoms with van der Waals surface area (Å²) < 4.78 is 39.4. The molecule has 1 fully saturated rings. The van der Waals surface area contributed by atoms with Crippen LogP contribution >= 0.6 is 0 Å². The molecule has 1 aliphatic rings. The fourth-order valence-corrected chi connectivity index (χ4v) is 2.61. The standard InChI is InChI=1S/C15H20F3N/c1-2-8-14(9-10-14)11-19-13(15(16,17)18)12-6-4-3-5-7-12/h3-7,13,19H,2,8-11H2,1H3. The molecule has 1 unspecified atom stereocenters. The summed E-state index contributed by atoms with van der Waals surface area (Å²) in [7, 11) is 0. The topological polar surface area (TPSA) is 12.0 Å². The second-order valence-electron chi connectivity index (χ2n) is 5.52. The highest BCUT2D eigenvalue weighted by molar-refractivity contribution is 5.20. The van der Waals surface area contributed by atoms with Crippen molar-refractivity contribution in [3.8, 4) is 0 Å². The van der Waals surface area contributed by atoms with Gasteiger partial charge in [0.15, 0.2) is 0 Å². The lowest BCUT2D eigenvalue weighted by atomic mass is 9.99. The second-order valence-corrected chi connectivity index (χ2v) is 5.52. The third-order valence-corrected chi connectivity index (χ3v) is 3.88. The molecule has 1 saturated carbocycles. The fourth-order valence-electron chi connectivity index (χ4n) is 2.61. The van der Waals surface area contributed by atoms with Gasteiger partial charge in [-0.15, -0.1) is 0 Å². The van der Waals surface area contributed by atoms with Crippen molar-refractivity contribution < 1.29 is 13.2 Å². The highest BCUT2D eigenvalue weighted by Gasteiger charge is 2.45. The van der Waals surface area contributed by atoms with E-state index in [-0.39, 0.29) is 5.41 Å². The number of hydrogen-bond acceptors (Lipinski definition) is 1. The minimum atomic E-state index is -4.25.